The zero-order chi connectivity index (χ0) is 12.3. The molecule has 1 aromatic heterocycles. The zero-order valence-corrected chi connectivity index (χ0v) is 10.4. The van der Waals surface area contributed by atoms with Crippen LogP contribution in [0.15, 0.2) is 6.33 Å². The fourth-order valence-corrected chi connectivity index (χ4v) is 2.01. The maximum Gasteiger partial charge on any atom is 0.239 e. The van der Waals surface area contributed by atoms with E-state index < -0.39 is 0 Å². The third-order valence-corrected chi connectivity index (χ3v) is 3.00. The van der Waals surface area contributed by atoms with Crippen LogP contribution in [0.2, 0.25) is 0 Å². The largest absolute Gasteiger partial charge is 0.341 e. The van der Waals surface area contributed by atoms with Gasteiger partial charge in [-0.15, -0.1) is 0 Å². The maximum atomic E-state index is 12.0. The van der Waals surface area contributed by atoms with E-state index >= 15 is 0 Å². The molecule has 1 aliphatic heterocycles. The van der Waals surface area contributed by atoms with Gasteiger partial charge < -0.3 is 4.90 Å². The lowest BCUT2D eigenvalue weighted by atomic mass is 10.3. The number of nitrogens with zero attached hydrogens (tertiary/aromatic N) is 4. The predicted octanol–water partition coefficient (Wildman–Crippen LogP) is -0.0844. The van der Waals surface area contributed by atoms with Crippen molar-refractivity contribution in [1.29, 1.82) is 0 Å². The Kier molecular flexibility index (Phi) is 3.73. The lowest BCUT2D eigenvalue weighted by Crippen LogP contribution is -2.43. The van der Waals surface area contributed by atoms with Crippen LogP contribution in [0, 0.1) is 0 Å². The smallest absolute Gasteiger partial charge is 0.239 e. The van der Waals surface area contributed by atoms with Gasteiger partial charge in [-0.2, -0.15) is 5.10 Å². The van der Waals surface area contributed by atoms with Crippen molar-refractivity contribution >= 4 is 5.91 Å². The normalized spacial score (nSPS) is 17.4. The van der Waals surface area contributed by atoms with Crippen molar-refractivity contribution in [2.75, 3.05) is 13.1 Å². The van der Waals surface area contributed by atoms with Crippen LogP contribution in [0.3, 0.4) is 0 Å². The fourth-order valence-electron chi connectivity index (χ4n) is 2.01. The number of aromatic nitrogens is 3. The van der Waals surface area contributed by atoms with Crippen LogP contribution >= 0.6 is 0 Å². The lowest BCUT2D eigenvalue weighted by molar-refractivity contribution is -0.132. The molecule has 1 aromatic rings. The number of likely N-dealkylation sites (tertiary alicyclic amines) is 1. The second-order valence-corrected chi connectivity index (χ2v) is 4.47. The summed E-state index contributed by atoms with van der Waals surface area (Å²) < 4.78 is 1.66. The summed E-state index contributed by atoms with van der Waals surface area (Å²) >= 11 is 0. The van der Waals surface area contributed by atoms with E-state index in [0.29, 0.717) is 12.4 Å². The topological polar surface area (TPSA) is 63.1 Å². The summed E-state index contributed by atoms with van der Waals surface area (Å²) in [4.78, 5) is 18.0. The minimum atomic E-state index is -0.170. The molecular formula is C11H19N5O. The highest BCUT2D eigenvalue weighted by atomic mass is 16.2. The number of rotatable bonds is 4. The van der Waals surface area contributed by atoms with E-state index in [-0.39, 0.29) is 11.9 Å². The molecule has 1 fully saturated rings. The third kappa shape index (κ3) is 3.03. The number of amides is 1. The molecule has 6 heteroatoms. The van der Waals surface area contributed by atoms with Gasteiger partial charge in [0.2, 0.25) is 5.91 Å². The Morgan fingerprint density at radius 1 is 1.53 bits per heavy atom. The Morgan fingerprint density at radius 2 is 2.24 bits per heavy atom. The summed E-state index contributed by atoms with van der Waals surface area (Å²) in [6, 6.07) is -0.170. The molecule has 2 rings (SSSR count). The van der Waals surface area contributed by atoms with Gasteiger partial charge in [0.15, 0.2) is 5.82 Å². The van der Waals surface area contributed by atoms with Crippen molar-refractivity contribution in [3.8, 4) is 0 Å². The first-order chi connectivity index (χ1) is 8.16. The molecule has 1 N–H and O–H groups in total. The van der Waals surface area contributed by atoms with Gasteiger partial charge in [-0.25, -0.2) is 4.98 Å². The molecule has 0 radical (unpaired) electrons. The molecule has 1 aliphatic rings. The molecule has 1 amide bonds. The second kappa shape index (κ2) is 5.27. The first kappa shape index (κ1) is 12.0. The van der Waals surface area contributed by atoms with Gasteiger partial charge in [-0.3, -0.25) is 14.8 Å². The Balaban J connectivity index is 1.80. The van der Waals surface area contributed by atoms with Crippen LogP contribution in [-0.4, -0.2) is 44.7 Å². The van der Waals surface area contributed by atoms with Gasteiger partial charge in [0, 0.05) is 20.1 Å². The average molecular weight is 237 g/mol. The molecule has 0 bridgehead atoms. The SMILES string of the molecule is CC(NCc1ncn(C)n1)C(=O)N1CCCC1. The first-order valence-corrected chi connectivity index (χ1v) is 6.03. The van der Waals surface area contributed by atoms with Gasteiger partial charge in [-0.1, -0.05) is 0 Å². The highest BCUT2D eigenvalue weighted by Crippen LogP contribution is 2.09. The predicted molar refractivity (Wildman–Crippen MR) is 63.1 cm³/mol. The molecule has 0 saturated carbocycles. The van der Waals surface area contributed by atoms with Gasteiger partial charge in [-0.05, 0) is 19.8 Å². The van der Waals surface area contributed by atoms with Crippen molar-refractivity contribution in [2.24, 2.45) is 7.05 Å². The molecule has 1 saturated heterocycles. The minimum absolute atomic E-state index is 0.170. The highest BCUT2D eigenvalue weighted by Gasteiger charge is 2.22. The number of carbonyl (C=O) groups is 1. The van der Waals surface area contributed by atoms with Crippen LogP contribution in [0.25, 0.3) is 0 Å². The van der Waals surface area contributed by atoms with Crippen LogP contribution < -0.4 is 5.32 Å². The quantitative estimate of drug-likeness (QED) is 0.795. The number of carbonyl (C=O) groups excluding carboxylic acids is 1. The minimum Gasteiger partial charge on any atom is -0.341 e. The van der Waals surface area contributed by atoms with Crippen LogP contribution in [0.1, 0.15) is 25.6 Å². The van der Waals surface area contributed by atoms with Crippen LogP contribution in [0.4, 0.5) is 0 Å². The van der Waals surface area contributed by atoms with Crippen LogP contribution in [0.5, 0.6) is 0 Å². The molecule has 6 nitrogen and oxygen atoms in total. The average Bonchev–Trinajstić information content (AvgIpc) is 2.95. The molecule has 0 aliphatic carbocycles. The van der Waals surface area contributed by atoms with Crippen molar-refractivity contribution in [3.63, 3.8) is 0 Å². The van der Waals surface area contributed by atoms with Crippen LogP contribution in [-0.2, 0) is 18.4 Å². The van der Waals surface area contributed by atoms with Crippen molar-refractivity contribution in [1.82, 2.24) is 25.0 Å². The van der Waals surface area contributed by atoms with Crippen molar-refractivity contribution in [3.05, 3.63) is 12.2 Å². The molecule has 17 heavy (non-hydrogen) atoms. The summed E-state index contributed by atoms with van der Waals surface area (Å²) in [5.41, 5.74) is 0. The van der Waals surface area contributed by atoms with Gasteiger partial charge in [0.25, 0.3) is 0 Å². The van der Waals surface area contributed by atoms with E-state index in [0.717, 1.165) is 25.9 Å². The molecule has 94 valence electrons. The van der Waals surface area contributed by atoms with E-state index in [2.05, 4.69) is 15.4 Å². The zero-order valence-electron chi connectivity index (χ0n) is 10.4. The summed E-state index contributed by atoms with van der Waals surface area (Å²) in [7, 11) is 1.83. The van der Waals surface area contributed by atoms with Gasteiger partial charge >= 0.3 is 0 Å². The molecule has 0 spiro atoms. The number of hydrogen-bond donors (Lipinski definition) is 1. The molecule has 1 unspecified atom stereocenters. The molecule has 1 atom stereocenters. The Morgan fingerprint density at radius 3 is 2.82 bits per heavy atom. The number of hydrogen-bond acceptors (Lipinski definition) is 4. The standard InChI is InChI=1S/C11H19N5O/c1-9(11(17)16-5-3-4-6-16)12-7-10-13-8-15(2)14-10/h8-9,12H,3-7H2,1-2H3. The fraction of sp³-hybridized carbons (Fsp3) is 0.727. The monoisotopic (exact) mass is 237 g/mol. The van der Waals surface area contributed by atoms with Gasteiger partial charge in [0.05, 0.1) is 12.6 Å². The Hall–Kier alpha value is -1.43. The van der Waals surface area contributed by atoms with E-state index in [1.54, 1.807) is 11.0 Å². The summed E-state index contributed by atoms with van der Waals surface area (Å²) in [5.74, 6) is 0.895. The summed E-state index contributed by atoms with van der Waals surface area (Å²) in [5, 5.41) is 7.32. The maximum absolute atomic E-state index is 12.0. The Labute approximate surface area is 101 Å². The second-order valence-electron chi connectivity index (χ2n) is 4.47. The van der Waals surface area contributed by atoms with E-state index in [9.17, 15) is 4.79 Å². The number of aryl methyl sites for hydroxylation is 1. The summed E-state index contributed by atoms with van der Waals surface area (Å²) in [6.45, 7) is 4.21. The molecule has 0 aromatic carbocycles. The van der Waals surface area contributed by atoms with Crippen molar-refractivity contribution in [2.45, 2.75) is 32.4 Å². The van der Waals surface area contributed by atoms with E-state index in [4.69, 9.17) is 0 Å². The third-order valence-electron chi connectivity index (χ3n) is 3.00. The summed E-state index contributed by atoms with van der Waals surface area (Å²) in [6.07, 6.45) is 3.91. The molecular weight excluding hydrogens is 218 g/mol. The van der Waals surface area contributed by atoms with E-state index in [1.807, 2.05) is 18.9 Å². The number of nitrogens with one attached hydrogen (secondary N) is 1. The lowest BCUT2D eigenvalue weighted by Gasteiger charge is -2.20. The highest BCUT2D eigenvalue weighted by molar-refractivity contribution is 5.81. The Bertz CT molecular complexity index is 383. The van der Waals surface area contributed by atoms with Crippen molar-refractivity contribution < 1.29 is 4.79 Å². The molecule has 2 heterocycles. The van der Waals surface area contributed by atoms with E-state index in [1.165, 1.54) is 0 Å². The first-order valence-electron chi connectivity index (χ1n) is 6.03. The van der Waals surface area contributed by atoms with Gasteiger partial charge in [0.1, 0.15) is 6.33 Å².